The highest BCUT2D eigenvalue weighted by Gasteiger charge is 2.30. The zero-order valence-corrected chi connectivity index (χ0v) is 17.2. The molecule has 0 aliphatic heterocycles. The van der Waals surface area contributed by atoms with Crippen LogP contribution in [-0.2, 0) is 9.53 Å². The fourth-order valence-corrected chi connectivity index (χ4v) is 3.38. The summed E-state index contributed by atoms with van der Waals surface area (Å²) in [7, 11) is 0. The number of hydrogen-bond acceptors (Lipinski definition) is 3. The van der Waals surface area contributed by atoms with Gasteiger partial charge in [0.25, 0.3) is 0 Å². The first kappa shape index (κ1) is 20.9. The van der Waals surface area contributed by atoms with Crippen LogP contribution < -0.4 is 0 Å². The van der Waals surface area contributed by atoms with Crippen LogP contribution in [0.5, 0.6) is 0 Å². The number of ketones is 1. The van der Waals surface area contributed by atoms with Crippen molar-refractivity contribution < 1.29 is 14.3 Å². The molecule has 0 aromatic heterocycles. The molecule has 0 saturated carbocycles. The zero-order valence-electron chi connectivity index (χ0n) is 17.2. The van der Waals surface area contributed by atoms with Crippen LogP contribution in [0.1, 0.15) is 59.6 Å². The normalized spacial score (nSPS) is 12.6. The minimum atomic E-state index is -0.885. The number of benzene rings is 2. The number of rotatable bonds is 7. The van der Waals surface area contributed by atoms with Crippen LogP contribution in [0.4, 0.5) is 4.79 Å². The molecule has 2 aromatic carbocycles. The van der Waals surface area contributed by atoms with Crippen LogP contribution in [0.2, 0.25) is 0 Å². The number of Topliss-reactive ketones (excluding diaryl/α,β-unsaturated/α-hetero) is 1. The Kier molecular flexibility index (Phi) is 7.00. The fraction of sp³-hybridized carbons (Fsp3) is 0.478. The molecule has 27 heavy (non-hydrogen) atoms. The van der Waals surface area contributed by atoms with Gasteiger partial charge in [-0.3, -0.25) is 4.79 Å². The van der Waals surface area contributed by atoms with Crippen molar-refractivity contribution in [2.24, 2.45) is 5.92 Å². The maximum atomic E-state index is 12.9. The van der Waals surface area contributed by atoms with Gasteiger partial charge in [-0.15, -0.1) is 0 Å². The van der Waals surface area contributed by atoms with E-state index in [1.165, 1.54) is 0 Å². The Hall–Kier alpha value is -2.36. The maximum Gasteiger partial charge on any atom is 0.411 e. The summed E-state index contributed by atoms with van der Waals surface area (Å²) < 4.78 is 5.77. The standard InChI is InChI=1S/C23H31NO3/c1-15(2)13-21(25)22(27-23(26)24(16(3)4)17(5)6)20-12-11-18-9-7-8-10-19(18)14-20/h7-12,14-17,22H,13H2,1-6H3. The number of fused-ring (bicyclic) bond motifs is 1. The first-order valence-corrected chi connectivity index (χ1v) is 9.71. The summed E-state index contributed by atoms with van der Waals surface area (Å²) in [6.45, 7) is 11.8. The first-order chi connectivity index (χ1) is 12.7. The van der Waals surface area contributed by atoms with Gasteiger partial charge in [0, 0.05) is 24.1 Å². The Labute approximate surface area is 162 Å². The highest BCUT2D eigenvalue weighted by atomic mass is 16.6. The number of hydrogen-bond donors (Lipinski definition) is 0. The van der Waals surface area contributed by atoms with Crippen molar-refractivity contribution in [3.8, 4) is 0 Å². The van der Waals surface area contributed by atoms with Crippen LogP contribution in [0.3, 0.4) is 0 Å². The van der Waals surface area contributed by atoms with E-state index < -0.39 is 12.2 Å². The lowest BCUT2D eigenvalue weighted by molar-refractivity contribution is -0.129. The molecule has 0 heterocycles. The fourth-order valence-electron chi connectivity index (χ4n) is 3.38. The third-order valence-corrected chi connectivity index (χ3v) is 4.52. The van der Waals surface area contributed by atoms with Gasteiger partial charge in [-0.2, -0.15) is 0 Å². The first-order valence-electron chi connectivity index (χ1n) is 9.71. The molecule has 1 unspecified atom stereocenters. The summed E-state index contributed by atoms with van der Waals surface area (Å²) in [6.07, 6.45) is -0.964. The topological polar surface area (TPSA) is 46.6 Å². The van der Waals surface area contributed by atoms with Crippen LogP contribution in [0.15, 0.2) is 42.5 Å². The van der Waals surface area contributed by atoms with Gasteiger partial charge in [0.05, 0.1) is 0 Å². The van der Waals surface area contributed by atoms with Crippen LogP contribution in [-0.4, -0.2) is 28.9 Å². The zero-order chi connectivity index (χ0) is 20.1. The second-order valence-corrected chi connectivity index (χ2v) is 8.03. The summed E-state index contributed by atoms with van der Waals surface area (Å²) >= 11 is 0. The Balaban J connectivity index is 2.38. The van der Waals surface area contributed by atoms with Crippen molar-refractivity contribution in [3.05, 3.63) is 48.0 Å². The second kappa shape index (κ2) is 9.03. The molecule has 0 bridgehead atoms. The molecule has 0 fully saturated rings. The smallest absolute Gasteiger partial charge is 0.411 e. The van der Waals surface area contributed by atoms with Crippen molar-refractivity contribution in [2.45, 2.75) is 66.2 Å². The Morgan fingerprint density at radius 3 is 2.04 bits per heavy atom. The number of nitrogens with zero attached hydrogens (tertiary/aromatic N) is 1. The molecule has 2 rings (SSSR count). The molecule has 0 saturated heterocycles. The average molecular weight is 370 g/mol. The van der Waals surface area contributed by atoms with E-state index in [9.17, 15) is 9.59 Å². The molecule has 0 spiro atoms. The molecule has 4 heteroatoms. The third-order valence-electron chi connectivity index (χ3n) is 4.52. The van der Waals surface area contributed by atoms with E-state index in [-0.39, 0.29) is 23.8 Å². The summed E-state index contributed by atoms with van der Waals surface area (Å²) in [5, 5.41) is 2.12. The van der Waals surface area contributed by atoms with Crippen LogP contribution >= 0.6 is 0 Å². The van der Waals surface area contributed by atoms with E-state index >= 15 is 0 Å². The molecule has 1 amide bonds. The molecule has 0 aliphatic carbocycles. The predicted octanol–water partition coefficient (Wildman–Crippen LogP) is 5.75. The summed E-state index contributed by atoms with van der Waals surface area (Å²) in [4.78, 5) is 27.4. The van der Waals surface area contributed by atoms with E-state index in [2.05, 4.69) is 0 Å². The SMILES string of the molecule is CC(C)CC(=O)C(OC(=O)N(C(C)C)C(C)C)c1ccc2ccccc2c1. The maximum absolute atomic E-state index is 12.9. The molecule has 0 N–H and O–H groups in total. The molecular formula is C23H31NO3. The van der Waals surface area contributed by atoms with E-state index in [0.29, 0.717) is 6.42 Å². The van der Waals surface area contributed by atoms with E-state index in [1.807, 2.05) is 84.0 Å². The number of carbonyl (C=O) groups is 2. The Morgan fingerprint density at radius 2 is 1.48 bits per heavy atom. The van der Waals surface area contributed by atoms with Gasteiger partial charge < -0.3 is 9.64 Å². The largest absolute Gasteiger partial charge is 0.433 e. The molecule has 0 aliphatic rings. The Bertz CT molecular complexity index is 787. The molecule has 146 valence electrons. The summed E-state index contributed by atoms with van der Waals surface area (Å²) in [5.41, 5.74) is 0.722. The highest BCUT2D eigenvalue weighted by Crippen LogP contribution is 2.27. The van der Waals surface area contributed by atoms with E-state index in [1.54, 1.807) is 4.90 Å². The second-order valence-electron chi connectivity index (χ2n) is 8.03. The average Bonchev–Trinajstić information content (AvgIpc) is 2.57. The quantitative estimate of drug-likeness (QED) is 0.624. The van der Waals surface area contributed by atoms with Gasteiger partial charge in [0.2, 0.25) is 0 Å². The van der Waals surface area contributed by atoms with Gasteiger partial charge in [-0.25, -0.2) is 4.79 Å². The number of amides is 1. The summed E-state index contributed by atoms with van der Waals surface area (Å²) in [6, 6.07) is 13.7. The Morgan fingerprint density at radius 1 is 0.889 bits per heavy atom. The van der Waals surface area contributed by atoms with Crippen molar-refractivity contribution in [3.63, 3.8) is 0 Å². The molecule has 2 aromatic rings. The van der Waals surface area contributed by atoms with Crippen molar-refractivity contribution in [1.29, 1.82) is 0 Å². The molecule has 0 radical (unpaired) electrons. The van der Waals surface area contributed by atoms with Gasteiger partial charge in [-0.1, -0.05) is 50.2 Å². The third kappa shape index (κ3) is 5.31. The molecule has 1 atom stereocenters. The van der Waals surface area contributed by atoms with Crippen LogP contribution in [0, 0.1) is 5.92 Å². The van der Waals surface area contributed by atoms with Crippen LogP contribution in [0.25, 0.3) is 10.8 Å². The van der Waals surface area contributed by atoms with E-state index in [0.717, 1.165) is 16.3 Å². The van der Waals surface area contributed by atoms with Gasteiger partial charge in [0.1, 0.15) is 0 Å². The van der Waals surface area contributed by atoms with Gasteiger partial charge in [-0.05, 0) is 50.5 Å². The number of carbonyl (C=O) groups excluding carboxylic acids is 2. The monoisotopic (exact) mass is 369 g/mol. The van der Waals surface area contributed by atoms with E-state index in [4.69, 9.17) is 4.74 Å². The number of ether oxygens (including phenoxy) is 1. The highest BCUT2D eigenvalue weighted by molar-refractivity contribution is 5.89. The summed E-state index contributed by atoms with van der Waals surface area (Å²) in [5.74, 6) is 0.131. The lowest BCUT2D eigenvalue weighted by Gasteiger charge is -2.31. The minimum Gasteiger partial charge on any atom is -0.433 e. The van der Waals surface area contributed by atoms with Crippen molar-refractivity contribution in [2.75, 3.05) is 0 Å². The lowest BCUT2D eigenvalue weighted by Crippen LogP contribution is -2.43. The lowest BCUT2D eigenvalue weighted by atomic mass is 9.96. The minimum absolute atomic E-state index is 0.00467. The van der Waals surface area contributed by atoms with Crippen molar-refractivity contribution >= 4 is 22.6 Å². The van der Waals surface area contributed by atoms with Crippen molar-refractivity contribution in [1.82, 2.24) is 4.90 Å². The molecule has 4 nitrogen and oxygen atoms in total. The van der Waals surface area contributed by atoms with Gasteiger partial charge in [0.15, 0.2) is 11.9 Å². The predicted molar refractivity (Wildman–Crippen MR) is 110 cm³/mol. The van der Waals surface area contributed by atoms with Gasteiger partial charge >= 0.3 is 6.09 Å². The molecular weight excluding hydrogens is 338 g/mol.